The molecule has 3 aromatic heterocycles. The molecule has 9 heteroatoms. The summed E-state index contributed by atoms with van der Waals surface area (Å²) in [7, 11) is 0. The van der Waals surface area contributed by atoms with Crippen LogP contribution in [0.2, 0.25) is 0 Å². The largest absolute Gasteiger partial charge is 0.455 e. The number of anilines is 1. The Labute approximate surface area is 150 Å². The second kappa shape index (κ2) is 6.77. The highest BCUT2D eigenvalue weighted by atomic mass is 32.1. The Morgan fingerprint density at radius 3 is 2.84 bits per heavy atom. The normalized spacial score (nSPS) is 10.8. The Balaban J connectivity index is 1.82. The SMILES string of the molecule is CC(=O)Nc1sc(C)c(C)c1C(=O)OCc1cc(=O)n2ccsc2n1. The predicted molar refractivity (Wildman–Crippen MR) is 96.6 cm³/mol. The van der Waals surface area contributed by atoms with Crippen molar-refractivity contribution in [2.45, 2.75) is 27.4 Å². The average Bonchev–Trinajstić information content (AvgIpc) is 3.10. The standard InChI is InChI=1S/C16H15N3O4S2/c1-8-9(2)25-14(17-10(3)20)13(8)15(22)23-7-11-6-12(21)19-4-5-24-16(19)18-11/h4-6H,7H2,1-3H3,(H,17,20). The Morgan fingerprint density at radius 1 is 1.36 bits per heavy atom. The molecule has 0 spiro atoms. The third-order valence-electron chi connectivity index (χ3n) is 3.59. The summed E-state index contributed by atoms with van der Waals surface area (Å²) in [4.78, 5) is 41.5. The van der Waals surface area contributed by atoms with E-state index < -0.39 is 5.97 Å². The molecule has 130 valence electrons. The van der Waals surface area contributed by atoms with Gasteiger partial charge in [0.25, 0.3) is 5.56 Å². The first kappa shape index (κ1) is 17.3. The molecule has 0 saturated heterocycles. The third-order valence-corrected chi connectivity index (χ3v) is 5.47. The van der Waals surface area contributed by atoms with Crippen molar-refractivity contribution in [2.24, 2.45) is 0 Å². The van der Waals surface area contributed by atoms with Crippen LogP contribution in [0.5, 0.6) is 0 Å². The van der Waals surface area contributed by atoms with Crippen LogP contribution in [0.15, 0.2) is 22.4 Å². The molecule has 3 heterocycles. The van der Waals surface area contributed by atoms with E-state index in [2.05, 4.69) is 10.3 Å². The molecule has 0 bridgehead atoms. The second-order valence-corrected chi connectivity index (χ2v) is 7.48. The zero-order valence-corrected chi connectivity index (χ0v) is 15.4. The van der Waals surface area contributed by atoms with E-state index in [1.54, 1.807) is 18.5 Å². The number of thiophene rings is 1. The van der Waals surface area contributed by atoms with Gasteiger partial charge in [-0.1, -0.05) is 0 Å². The molecule has 0 fully saturated rings. The van der Waals surface area contributed by atoms with Crippen LogP contribution in [0.3, 0.4) is 0 Å². The van der Waals surface area contributed by atoms with Crippen LogP contribution in [-0.4, -0.2) is 21.3 Å². The molecule has 0 saturated carbocycles. The molecule has 3 rings (SSSR count). The maximum atomic E-state index is 12.5. The Bertz CT molecular complexity index is 1030. The van der Waals surface area contributed by atoms with Gasteiger partial charge in [0.05, 0.1) is 11.3 Å². The van der Waals surface area contributed by atoms with E-state index in [9.17, 15) is 14.4 Å². The number of thiazole rings is 1. The van der Waals surface area contributed by atoms with Crippen LogP contribution >= 0.6 is 22.7 Å². The lowest BCUT2D eigenvalue weighted by Gasteiger charge is -2.07. The molecule has 7 nitrogen and oxygen atoms in total. The van der Waals surface area contributed by atoms with Crippen LogP contribution in [0.1, 0.15) is 33.4 Å². The molecule has 0 aliphatic heterocycles. The van der Waals surface area contributed by atoms with E-state index in [0.29, 0.717) is 21.2 Å². The minimum atomic E-state index is -0.557. The van der Waals surface area contributed by atoms with Crippen molar-refractivity contribution in [3.05, 3.63) is 49.7 Å². The highest BCUT2D eigenvalue weighted by Gasteiger charge is 2.22. The number of hydrogen-bond acceptors (Lipinski definition) is 7. The second-order valence-electron chi connectivity index (χ2n) is 5.39. The van der Waals surface area contributed by atoms with Crippen molar-refractivity contribution in [1.29, 1.82) is 0 Å². The summed E-state index contributed by atoms with van der Waals surface area (Å²) in [5.74, 6) is -0.813. The van der Waals surface area contributed by atoms with Gasteiger partial charge in [-0.25, -0.2) is 9.78 Å². The fraction of sp³-hybridized carbons (Fsp3) is 0.250. The van der Waals surface area contributed by atoms with Gasteiger partial charge in [0, 0.05) is 29.4 Å². The number of ether oxygens (including phenoxy) is 1. The molecule has 1 amide bonds. The van der Waals surface area contributed by atoms with Crippen LogP contribution in [0.4, 0.5) is 5.00 Å². The molecule has 0 unspecified atom stereocenters. The maximum Gasteiger partial charge on any atom is 0.341 e. The lowest BCUT2D eigenvalue weighted by atomic mass is 10.1. The predicted octanol–water partition coefficient (Wildman–Crippen LogP) is 2.75. The van der Waals surface area contributed by atoms with Crippen LogP contribution in [0, 0.1) is 13.8 Å². The third kappa shape index (κ3) is 3.47. The number of aryl methyl sites for hydroxylation is 1. The van der Waals surface area contributed by atoms with Crippen molar-refractivity contribution in [3.8, 4) is 0 Å². The van der Waals surface area contributed by atoms with Gasteiger partial charge in [-0.2, -0.15) is 0 Å². The number of amides is 1. The van der Waals surface area contributed by atoms with Gasteiger partial charge < -0.3 is 10.1 Å². The average molecular weight is 377 g/mol. The maximum absolute atomic E-state index is 12.5. The summed E-state index contributed by atoms with van der Waals surface area (Å²) in [5, 5.41) is 4.88. The fourth-order valence-electron chi connectivity index (χ4n) is 2.29. The van der Waals surface area contributed by atoms with E-state index in [1.807, 2.05) is 6.92 Å². The van der Waals surface area contributed by atoms with Crippen molar-refractivity contribution >= 4 is 44.5 Å². The smallest absolute Gasteiger partial charge is 0.341 e. The lowest BCUT2D eigenvalue weighted by molar-refractivity contribution is -0.114. The van der Waals surface area contributed by atoms with E-state index in [1.165, 1.54) is 40.1 Å². The molecular weight excluding hydrogens is 362 g/mol. The van der Waals surface area contributed by atoms with Gasteiger partial charge >= 0.3 is 5.97 Å². The summed E-state index contributed by atoms with van der Waals surface area (Å²) in [5.41, 5.74) is 1.26. The van der Waals surface area contributed by atoms with Crippen molar-refractivity contribution in [2.75, 3.05) is 5.32 Å². The lowest BCUT2D eigenvalue weighted by Crippen LogP contribution is -2.15. The summed E-state index contributed by atoms with van der Waals surface area (Å²) in [6.45, 7) is 4.94. The highest BCUT2D eigenvalue weighted by Crippen LogP contribution is 2.33. The van der Waals surface area contributed by atoms with Gasteiger partial charge in [-0.3, -0.25) is 14.0 Å². The molecule has 0 aromatic carbocycles. The molecule has 0 aliphatic carbocycles. The fourth-order valence-corrected chi connectivity index (χ4v) is 4.13. The minimum Gasteiger partial charge on any atom is -0.455 e. The molecule has 0 aliphatic rings. The van der Waals surface area contributed by atoms with Crippen LogP contribution in [-0.2, 0) is 16.1 Å². The van der Waals surface area contributed by atoms with Gasteiger partial charge in [0.15, 0.2) is 4.96 Å². The van der Waals surface area contributed by atoms with Gasteiger partial charge in [0.2, 0.25) is 5.91 Å². The monoisotopic (exact) mass is 377 g/mol. The Hall–Kier alpha value is -2.52. The van der Waals surface area contributed by atoms with Gasteiger partial charge in [0.1, 0.15) is 11.6 Å². The van der Waals surface area contributed by atoms with E-state index in [0.717, 1.165) is 10.4 Å². The molecule has 1 N–H and O–H groups in total. The number of aromatic nitrogens is 2. The summed E-state index contributed by atoms with van der Waals surface area (Å²) in [6, 6.07) is 1.34. The highest BCUT2D eigenvalue weighted by molar-refractivity contribution is 7.16. The number of hydrogen-bond donors (Lipinski definition) is 1. The molecule has 3 aromatic rings. The minimum absolute atomic E-state index is 0.115. The first-order chi connectivity index (χ1) is 11.9. The first-order valence-corrected chi connectivity index (χ1v) is 9.07. The molecular formula is C16H15N3O4S2. The van der Waals surface area contributed by atoms with Crippen molar-refractivity contribution in [3.63, 3.8) is 0 Å². The molecule has 0 atom stereocenters. The van der Waals surface area contributed by atoms with Gasteiger partial charge in [-0.05, 0) is 19.4 Å². The summed E-state index contributed by atoms with van der Waals surface area (Å²) in [6.07, 6.45) is 1.64. The number of esters is 1. The van der Waals surface area contributed by atoms with Crippen molar-refractivity contribution in [1.82, 2.24) is 9.38 Å². The number of nitrogens with zero attached hydrogens (tertiary/aromatic N) is 2. The topological polar surface area (TPSA) is 89.8 Å². The summed E-state index contributed by atoms with van der Waals surface area (Å²) < 4.78 is 6.75. The van der Waals surface area contributed by atoms with Crippen molar-refractivity contribution < 1.29 is 14.3 Å². The van der Waals surface area contributed by atoms with E-state index in [-0.39, 0.29) is 18.1 Å². The summed E-state index contributed by atoms with van der Waals surface area (Å²) >= 11 is 2.65. The number of carbonyl (C=O) groups excluding carboxylic acids is 2. The van der Waals surface area contributed by atoms with E-state index in [4.69, 9.17) is 4.74 Å². The van der Waals surface area contributed by atoms with E-state index >= 15 is 0 Å². The van der Waals surface area contributed by atoms with Crippen LogP contribution in [0.25, 0.3) is 4.96 Å². The first-order valence-electron chi connectivity index (χ1n) is 7.37. The number of nitrogens with one attached hydrogen (secondary N) is 1. The van der Waals surface area contributed by atoms with Gasteiger partial charge in [-0.15, -0.1) is 22.7 Å². The Kier molecular flexibility index (Phi) is 4.69. The molecule has 25 heavy (non-hydrogen) atoms. The zero-order valence-electron chi connectivity index (χ0n) is 13.8. The number of carbonyl (C=O) groups is 2. The van der Waals surface area contributed by atoms with Crippen LogP contribution < -0.4 is 10.9 Å². The quantitative estimate of drug-likeness (QED) is 0.706. The molecule has 0 radical (unpaired) electrons. The zero-order chi connectivity index (χ0) is 18.1. The number of rotatable bonds is 4. The number of fused-ring (bicyclic) bond motifs is 1. The Morgan fingerprint density at radius 2 is 2.12 bits per heavy atom.